The van der Waals surface area contributed by atoms with Crippen LogP contribution in [0.4, 0.5) is 5.82 Å². The Morgan fingerprint density at radius 2 is 2.06 bits per heavy atom. The van der Waals surface area contributed by atoms with Gasteiger partial charge in [-0.25, -0.2) is 4.98 Å². The van der Waals surface area contributed by atoms with Gasteiger partial charge in [0.15, 0.2) is 0 Å². The van der Waals surface area contributed by atoms with Crippen molar-refractivity contribution in [1.29, 1.82) is 0 Å². The zero-order valence-electron chi connectivity index (χ0n) is 10.3. The highest BCUT2D eigenvalue weighted by Crippen LogP contribution is 2.09. The Hall–Kier alpha value is -1.90. The third kappa shape index (κ3) is 3.03. The Balaban J connectivity index is 2.04. The molecule has 0 aliphatic rings. The Morgan fingerprint density at radius 3 is 2.76 bits per heavy atom. The van der Waals surface area contributed by atoms with Gasteiger partial charge in [0, 0.05) is 12.4 Å². The van der Waals surface area contributed by atoms with Crippen LogP contribution < -0.4 is 5.32 Å². The Kier molecular flexibility index (Phi) is 3.70. The third-order valence-electron chi connectivity index (χ3n) is 2.71. The van der Waals surface area contributed by atoms with E-state index in [9.17, 15) is 0 Å². The van der Waals surface area contributed by atoms with Crippen LogP contribution in [-0.2, 0) is 13.0 Å². The van der Waals surface area contributed by atoms with E-state index >= 15 is 0 Å². The van der Waals surface area contributed by atoms with Gasteiger partial charge in [-0.1, -0.05) is 19.1 Å². The fraction of sp³-hybridized carbons (Fsp3) is 0.286. The van der Waals surface area contributed by atoms with Crippen LogP contribution in [0, 0.1) is 6.92 Å². The summed E-state index contributed by atoms with van der Waals surface area (Å²) in [5.74, 6) is 0.892. The highest BCUT2D eigenvalue weighted by atomic mass is 15.0. The van der Waals surface area contributed by atoms with Crippen molar-refractivity contribution in [2.24, 2.45) is 0 Å². The topological polar surface area (TPSA) is 37.8 Å². The minimum atomic E-state index is 0.722. The number of rotatable bonds is 4. The number of hydrogen-bond donors (Lipinski definition) is 1. The number of aryl methyl sites for hydroxylation is 2. The molecule has 88 valence electrons. The lowest BCUT2D eigenvalue weighted by Crippen LogP contribution is -2.05. The summed E-state index contributed by atoms with van der Waals surface area (Å²) < 4.78 is 0. The van der Waals surface area contributed by atoms with Gasteiger partial charge in [0.05, 0.1) is 12.2 Å². The van der Waals surface area contributed by atoms with E-state index in [1.165, 1.54) is 11.1 Å². The first-order valence-corrected chi connectivity index (χ1v) is 5.89. The molecule has 0 aliphatic heterocycles. The first-order valence-electron chi connectivity index (χ1n) is 5.89. The van der Waals surface area contributed by atoms with E-state index in [2.05, 4.69) is 34.3 Å². The number of aromatic nitrogens is 2. The predicted octanol–water partition coefficient (Wildman–Crippen LogP) is 2.96. The predicted molar refractivity (Wildman–Crippen MR) is 69.9 cm³/mol. The number of anilines is 1. The van der Waals surface area contributed by atoms with Crippen molar-refractivity contribution in [1.82, 2.24) is 9.97 Å². The second kappa shape index (κ2) is 5.43. The van der Waals surface area contributed by atoms with Crippen molar-refractivity contribution in [3.05, 3.63) is 53.5 Å². The van der Waals surface area contributed by atoms with Gasteiger partial charge < -0.3 is 5.32 Å². The fourth-order valence-corrected chi connectivity index (χ4v) is 1.70. The lowest BCUT2D eigenvalue weighted by atomic mass is 10.1. The van der Waals surface area contributed by atoms with Crippen molar-refractivity contribution in [2.75, 3.05) is 5.32 Å². The van der Waals surface area contributed by atoms with E-state index in [0.717, 1.165) is 24.5 Å². The van der Waals surface area contributed by atoms with E-state index in [1.54, 1.807) is 0 Å². The van der Waals surface area contributed by atoms with Gasteiger partial charge in [-0.05, 0) is 36.6 Å². The second-order valence-electron chi connectivity index (χ2n) is 4.04. The van der Waals surface area contributed by atoms with Crippen LogP contribution in [0.5, 0.6) is 0 Å². The van der Waals surface area contributed by atoms with Crippen molar-refractivity contribution in [3.63, 3.8) is 0 Å². The molecule has 2 heterocycles. The lowest BCUT2D eigenvalue weighted by Gasteiger charge is -2.08. The Bertz CT molecular complexity index is 477. The molecule has 2 rings (SSSR count). The van der Waals surface area contributed by atoms with E-state index in [4.69, 9.17) is 0 Å². The summed E-state index contributed by atoms with van der Waals surface area (Å²) in [7, 11) is 0. The van der Waals surface area contributed by atoms with Crippen LogP contribution in [0.15, 0.2) is 36.7 Å². The molecular formula is C14H17N3. The molecule has 0 unspecified atom stereocenters. The molecule has 0 aromatic carbocycles. The number of nitrogens with one attached hydrogen (secondary N) is 1. The first kappa shape index (κ1) is 11.6. The third-order valence-corrected chi connectivity index (χ3v) is 2.71. The highest BCUT2D eigenvalue weighted by molar-refractivity contribution is 5.36. The van der Waals surface area contributed by atoms with Crippen LogP contribution in [0.1, 0.15) is 23.7 Å². The summed E-state index contributed by atoms with van der Waals surface area (Å²) in [6, 6.07) is 8.14. The summed E-state index contributed by atoms with van der Waals surface area (Å²) >= 11 is 0. The van der Waals surface area contributed by atoms with E-state index in [0.29, 0.717) is 0 Å². The quantitative estimate of drug-likeness (QED) is 0.872. The molecule has 3 heteroatoms. The maximum Gasteiger partial charge on any atom is 0.126 e. The molecule has 0 radical (unpaired) electrons. The van der Waals surface area contributed by atoms with Crippen LogP contribution in [0.2, 0.25) is 0 Å². The highest BCUT2D eigenvalue weighted by Gasteiger charge is 2.01. The van der Waals surface area contributed by atoms with Crippen LogP contribution >= 0.6 is 0 Å². The molecule has 0 fully saturated rings. The maximum atomic E-state index is 4.39. The Labute approximate surface area is 102 Å². The molecule has 0 aliphatic carbocycles. The lowest BCUT2D eigenvalue weighted by molar-refractivity contribution is 0.964. The van der Waals surface area contributed by atoms with Gasteiger partial charge >= 0.3 is 0 Å². The van der Waals surface area contributed by atoms with Gasteiger partial charge in [-0.2, -0.15) is 0 Å². The largest absolute Gasteiger partial charge is 0.364 e. The monoisotopic (exact) mass is 227 g/mol. The van der Waals surface area contributed by atoms with Gasteiger partial charge in [-0.15, -0.1) is 0 Å². The van der Waals surface area contributed by atoms with Gasteiger partial charge in [0.2, 0.25) is 0 Å². The van der Waals surface area contributed by atoms with Crippen molar-refractivity contribution < 1.29 is 0 Å². The minimum absolute atomic E-state index is 0.722. The van der Waals surface area contributed by atoms with E-state index in [-0.39, 0.29) is 0 Å². The average molecular weight is 227 g/mol. The van der Waals surface area contributed by atoms with Crippen LogP contribution in [0.25, 0.3) is 0 Å². The molecule has 0 spiro atoms. The number of hydrogen-bond acceptors (Lipinski definition) is 3. The van der Waals surface area contributed by atoms with Gasteiger partial charge in [0.25, 0.3) is 0 Å². The summed E-state index contributed by atoms with van der Waals surface area (Å²) in [6.07, 6.45) is 4.70. The minimum Gasteiger partial charge on any atom is -0.364 e. The van der Waals surface area contributed by atoms with Crippen LogP contribution in [0.3, 0.4) is 0 Å². The van der Waals surface area contributed by atoms with Crippen molar-refractivity contribution in [3.8, 4) is 0 Å². The molecule has 0 bridgehead atoms. The SMILES string of the molecule is CCc1cccnc1CNc1ccc(C)cn1. The van der Waals surface area contributed by atoms with Crippen molar-refractivity contribution in [2.45, 2.75) is 26.8 Å². The fourth-order valence-electron chi connectivity index (χ4n) is 1.70. The second-order valence-corrected chi connectivity index (χ2v) is 4.04. The summed E-state index contributed by atoms with van der Waals surface area (Å²) in [4.78, 5) is 8.70. The normalized spacial score (nSPS) is 10.2. The molecule has 3 nitrogen and oxygen atoms in total. The molecule has 0 saturated carbocycles. The van der Waals surface area contributed by atoms with Gasteiger partial charge in [-0.3, -0.25) is 4.98 Å². The summed E-state index contributed by atoms with van der Waals surface area (Å²) in [5, 5.41) is 3.29. The average Bonchev–Trinajstić information content (AvgIpc) is 2.38. The smallest absolute Gasteiger partial charge is 0.126 e. The van der Waals surface area contributed by atoms with E-state index in [1.807, 2.05) is 31.5 Å². The van der Waals surface area contributed by atoms with Crippen LogP contribution in [-0.4, -0.2) is 9.97 Å². The summed E-state index contributed by atoms with van der Waals surface area (Å²) in [6.45, 7) is 4.90. The molecular weight excluding hydrogens is 210 g/mol. The Morgan fingerprint density at radius 1 is 1.18 bits per heavy atom. The van der Waals surface area contributed by atoms with Crippen molar-refractivity contribution >= 4 is 5.82 Å². The molecule has 0 amide bonds. The molecule has 1 N–H and O–H groups in total. The zero-order valence-corrected chi connectivity index (χ0v) is 10.3. The standard InChI is InChI=1S/C14H17N3/c1-3-12-5-4-8-15-13(12)10-17-14-7-6-11(2)9-16-14/h4-9H,3,10H2,1-2H3,(H,16,17). The summed E-state index contributed by atoms with van der Waals surface area (Å²) in [5.41, 5.74) is 3.55. The number of pyridine rings is 2. The molecule has 2 aromatic rings. The maximum absolute atomic E-state index is 4.39. The first-order chi connectivity index (χ1) is 8.29. The van der Waals surface area contributed by atoms with E-state index < -0.39 is 0 Å². The molecule has 0 atom stereocenters. The van der Waals surface area contributed by atoms with Gasteiger partial charge in [0.1, 0.15) is 5.82 Å². The number of nitrogens with zero attached hydrogens (tertiary/aromatic N) is 2. The molecule has 17 heavy (non-hydrogen) atoms. The zero-order chi connectivity index (χ0) is 12.1. The molecule has 2 aromatic heterocycles. The molecule has 0 saturated heterocycles.